The maximum atomic E-state index is 13.7. The van der Waals surface area contributed by atoms with Gasteiger partial charge in [-0.2, -0.15) is 0 Å². The lowest BCUT2D eigenvalue weighted by atomic mass is 10.2. The molecule has 0 unspecified atom stereocenters. The Morgan fingerprint density at radius 2 is 1.81 bits per heavy atom. The fourth-order valence-electron chi connectivity index (χ4n) is 2.74. The first-order chi connectivity index (χ1) is 15.3. The van der Waals surface area contributed by atoms with Crippen LogP contribution in [0.5, 0.6) is 5.75 Å². The van der Waals surface area contributed by atoms with Crippen LogP contribution in [0.2, 0.25) is 0 Å². The molecule has 168 valence electrons. The average Bonchev–Trinajstić information content (AvgIpc) is 3.03. The second-order valence-electron chi connectivity index (χ2n) is 6.81. The first kappa shape index (κ1) is 23.4. The smallest absolute Gasteiger partial charge is 0.294 e. The van der Waals surface area contributed by atoms with E-state index in [2.05, 4.69) is 6.92 Å². The summed E-state index contributed by atoms with van der Waals surface area (Å²) in [5.41, 5.74) is 0.0595. The van der Waals surface area contributed by atoms with Crippen LogP contribution >= 0.6 is 11.8 Å². The number of imide groups is 1. The van der Waals surface area contributed by atoms with E-state index < -0.39 is 46.7 Å². The van der Waals surface area contributed by atoms with Crippen molar-refractivity contribution < 1.29 is 32.3 Å². The molecular formula is C22H19F3N2O4S. The molecule has 1 saturated heterocycles. The van der Waals surface area contributed by atoms with Crippen LogP contribution in [-0.2, 0) is 9.59 Å². The molecule has 1 aliphatic heterocycles. The van der Waals surface area contributed by atoms with Crippen LogP contribution in [0, 0.1) is 17.5 Å². The summed E-state index contributed by atoms with van der Waals surface area (Å²) in [5.74, 6) is -5.66. The van der Waals surface area contributed by atoms with Gasteiger partial charge in [0.2, 0.25) is 5.91 Å². The Hall–Kier alpha value is -3.27. The SMILES string of the molecule is CCCCOc1ccc(/C=C2\SC(=O)N(CC(=O)Nc3ccc(F)c(F)c3F)C2=O)cc1. The van der Waals surface area contributed by atoms with E-state index in [1.54, 1.807) is 24.3 Å². The minimum atomic E-state index is -1.74. The highest BCUT2D eigenvalue weighted by Crippen LogP contribution is 2.32. The van der Waals surface area contributed by atoms with Crippen LogP contribution in [0.4, 0.5) is 23.7 Å². The van der Waals surface area contributed by atoms with Gasteiger partial charge in [0.05, 0.1) is 17.2 Å². The molecule has 0 aliphatic carbocycles. The number of hydrogen-bond acceptors (Lipinski definition) is 5. The summed E-state index contributed by atoms with van der Waals surface area (Å²) in [6.45, 7) is 1.96. The minimum absolute atomic E-state index is 0.112. The van der Waals surface area contributed by atoms with Gasteiger partial charge in [-0.25, -0.2) is 13.2 Å². The molecule has 10 heteroatoms. The number of unbranched alkanes of at least 4 members (excludes halogenated alkanes) is 1. The molecule has 0 atom stereocenters. The quantitative estimate of drug-likeness (QED) is 0.340. The van der Waals surface area contributed by atoms with E-state index in [1.807, 2.05) is 5.32 Å². The second-order valence-corrected chi connectivity index (χ2v) is 7.80. The van der Waals surface area contributed by atoms with Crippen molar-refractivity contribution >= 4 is 40.6 Å². The number of rotatable bonds is 8. The third kappa shape index (κ3) is 5.50. The van der Waals surface area contributed by atoms with Crippen molar-refractivity contribution in [3.05, 3.63) is 64.3 Å². The van der Waals surface area contributed by atoms with Crippen LogP contribution in [0.25, 0.3) is 6.08 Å². The predicted molar refractivity (Wildman–Crippen MR) is 114 cm³/mol. The zero-order chi connectivity index (χ0) is 23.3. The van der Waals surface area contributed by atoms with Gasteiger partial charge in [-0.3, -0.25) is 19.3 Å². The average molecular weight is 464 g/mol. The summed E-state index contributed by atoms with van der Waals surface area (Å²) < 4.78 is 45.6. The Bertz CT molecular complexity index is 1070. The van der Waals surface area contributed by atoms with Gasteiger partial charge in [0, 0.05) is 0 Å². The standard InChI is InChI=1S/C22H19F3N2O4S/c1-2-3-10-31-14-6-4-13(5-7-14)11-17-21(29)27(22(30)32-17)12-18(28)26-16-9-8-15(23)19(24)20(16)25/h4-9,11H,2-3,10,12H2,1H3,(H,26,28)/b17-11-. The van der Waals surface area contributed by atoms with E-state index in [9.17, 15) is 27.6 Å². The fraction of sp³-hybridized carbons (Fsp3) is 0.227. The van der Waals surface area contributed by atoms with Crippen molar-refractivity contribution in [2.45, 2.75) is 19.8 Å². The Morgan fingerprint density at radius 3 is 2.50 bits per heavy atom. The number of nitrogens with one attached hydrogen (secondary N) is 1. The third-order valence-corrected chi connectivity index (χ3v) is 5.34. The molecule has 1 aliphatic rings. The van der Waals surface area contributed by atoms with Gasteiger partial charge < -0.3 is 10.1 Å². The first-order valence-electron chi connectivity index (χ1n) is 9.71. The zero-order valence-corrected chi connectivity index (χ0v) is 17.8. The molecule has 1 fully saturated rings. The van der Waals surface area contributed by atoms with Crippen molar-refractivity contribution in [1.29, 1.82) is 0 Å². The van der Waals surface area contributed by atoms with Crippen LogP contribution in [0.1, 0.15) is 25.3 Å². The Kier molecular flexibility index (Phi) is 7.57. The van der Waals surface area contributed by atoms with E-state index in [0.29, 0.717) is 40.6 Å². The topological polar surface area (TPSA) is 75.7 Å². The van der Waals surface area contributed by atoms with E-state index in [0.717, 1.165) is 18.9 Å². The van der Waals surface area contributed by atoms with Gasteiger partial charge in [0.15, 0.2) is 17.5 Å². The molecule has 0 spiro atoms. The molecule has 0 bridgehead atoms. The Labute approximate surface area is 186 Å². The van der Waals surface area contributed by atoms with Crippen molar-refractivity contribution in [3.8, 4) is 5.75 Å². The zero-order valence-electron chi connectivity index (χ0n) is 17.0. The number of nitrogens with zero attached hydrogens (tertiary/aromatic N) is 1. The minimum Gasteiger partial charge on any atom is -0.494 e. The maximum absolute atomic E-state index is 13.7. The summed E-state index contributed by atoms with van der Waals surface area (Å²) in [5, 5.41) is 1.35. The van der Waals surface area contributed by atoms with Crippen LogP contribution in [0.15, 0.2) is 41.3 Å². The highest BCUT2D eigenvalue weighted by atomic mass is 32.2. The summed E-state index contributed by atoms with van der Waals surface area (Å²) in [6.07, 6.45) is 3.46. The van der Waals surface area contributed by atoms with Crippen molar-refractivity contribution in [1.82, 2.24) is 4.90 Å². The van der Waals surface area contributed by atoms with Gasteiger partial charge in [-0.1, -0.05) is 25.5 Å². The molecule has 2 aromatic rings. The molecule has 1 heterocycles. The van der Waals surface area contributed by atoms with Gasteiger partial charge in [-0.05, 0) is 54.1 Å². The number of amides is 3. The lowest BCUT2D eigenvalue weighted by Crippen LogP contribution is -2.36. The highest BCUT2D eigenvalue weighted by Gasteiger charge is 2.36. The van der Waals surface area contributed by atoms with E-state index in [-0.39, 0.29) is 4.91 Å². The fourth-order valence-corrected chi connectivity index (χ4v) is 3.58. The number of thioether (sulfide) groups is 1. The summed E-state index contributed by atoms with van der Waals surface area (Å²) in [4.78, 5) is 37.7. The molecule has 1 N–H and O–H groups in total. The second kappa shape index (κ2) is 10.4. The van der Waals surface area contributed by atoms with Crippen LogP contribution in [-0.4, -0.2) is 35.1 Å². The monoisotopic (exact) mass is 464 g/mol. The van der Waals surface area contributed by atoms with Crippen LogP contribution < -0.4 is 10.1 Å². The highest BCUT2D eigenvalue weighted by molar-refractivity contribution is 8.18. The van der Waals surface area contributed by atoms with Crippen molar-refractivity contribution in [3.63, 3.8) is 0 Å². The molecular weight excluding hydrogens is 445 g/mol. The number of anilines is 1. The third-order valence-electron chi connectivity index (χ3n) is 4.43. The lowest BCUT2D eigenvalue weighted by Gasteiger charge is -2.13. The molecule has 0 radical (unpaired) electrons. The predicted octanol–water partition coefficient (Wildman–Crippen LogP) is 4.96. The molecule has 6 nitrogen and oxygen atoms in total. The normalized spacial score (nSPS) is 14.9. The number of benzene rings is 2. The van der Waals surface area contributed by atoms with Gasteiger partial charge >= 0.3 is 0 Å². The molecule has 3 amide bonds. The molecule has 2 aromatic carbocycles. The molecule has 0 saturated carbocycles. The molecule has 3 rings (SSSR count). The van der Waals surface area contributed by atoms with Gasteiger partial charge in [-0.15, -0.1) is 0 Å². The Balaban J connectivity index is 1.64. The van der Waals surface area contributed by atoms with E-state index >= 15 is 0 Å². The van der Waals surface area contributed by atoms with E-state index in [1.165, 1.54) is 6.08 Å². The summed E-state index contributed by atoms with van der Waals surface area (Å²) in [6, 6.07) is 8.44. The number of ether oxygens (including phenoxy) is 1. The molecule has 0 aromatic heterocycles. The Morgan fingerprint density at radius 1 is 1.09 bits per heavy atom. The van der Waals surface area contributed by atoms with Gasteiger partial charge in [0.1, 0.15) is 12.3 Å². The number of carbonyl (C=O) groups is 3. The number of hydrogen-bond donors (Lipinski definition) is 1. The summed E-state index contributed by atoms with van der Waals surface area (Å²) in [7, 11) is 0. The number of carbonyl (C=O) groups excluding carboxylic acids is 3. The van der Waals surface area contributed by atoms with Gasteiger partial charge in [0.25, 0.3) is 11.1 Å². The lowest BCUT2D eigenvalue weighted by molar-refractivity contribution is -0.127. The van der Waals surface area contributed by atoms with Crippen molar-refractivity contribution in [2.24, 2.45) is 0 Å². The largest absolute Gasteiger partial charge is 0.494 e. The maximum Gasteiger partial charge on any atom is 0.294 e. The van der Waals surface area contributed by atoms with Crippen molar-refractivity contribution in [2.75, 3.05) is 18.5 Å². The van der Waals surface area contributed by atoms with Crippen LogP contribution in [0.3, 0.4) is 0 Å². The summed E-state index contributed by atoms with van der Waals surface area (Å²) >= 11 is 0.657. The number of halogens is 3. The first-order valence-corrected chi connectivity index (χ1v) is 10.5. The molecule has 32 heavy (non-hydrogen) atoms. The van der Waals surface area contributed by atoms with E-state index in [4.69, 9.17) is 4.74 Å².